The van der Waals surface area contributed by atoms with Crippen molar-refractivity contribution in [1.82, 2.24) is 9.88 Å². The molecule has 19 heavy (non-hydrogen) atoms. The summed E-state index contributed by atoms with van der Waals surface area (Å²) >= 11 is 0. The van der Waals surface area contributed by atoms with E-state index in [1.807, 2.05) is 17.0 Å². The molecule has 1 aliphatic heterocycles. The van der Waals surface area contributed by atoms with E-state index in [2.05, 4.69) is 10.3 Å². The maximum Gasteiger partial charge on any atom is 0.272 e. The van der Waals surface area contributed by atoms with Gasteiger partial charge in [-0.05, 0) is 31.4 Å². The molecule has 2 atom stereocenters. The van der Waals surface area contributed by atoms with Gasteiger partial charge in [0.05, 0.1) is 18.8 Å². The van der Waals surface area contributed by atoms with Crippen LogP contribution in [0, 0.1) is 0 Å². The molecule has 0 spiro atoms. The highest BCUT2D eigenvalue weighted by Crippen LogP contribution is 2.30. The highest BCUT2D eigenvalue weighted by molar-refractivity contribution is 5.93. The predicted octanol–water partition coefficient (Wildman–Crippen LogP) is 1.52. The number of morpholine rings is 1. The summed E-state index contributed by atoms with van der Waals surface area (Å²) in [6.07, 6.45) is 3.48. The fourth-order valence-electron chi connectivity index (χ4n) is 3.02. The van der Waals surface area contributed by atoms with E-state index in [9.17, 15) is 4.79 Å². The second kappa shape index (κ2) is 5.17. The molecule has 1 saturated heterocycles. The van der Waals surface area contributed by atoms with Crippen molar-refractivity contribution in [3.05, 3.63) is 23.9 Å². The van der Waals surface area contributed by atoms with Crippen molar-refractivity contribution in [2.24, 2.45) is 0 Å². The summed E-state index contributed by atoms with van der Waals surface area (Å²) < 4.78 is 5.74. The van der Waals surface area contributed by atoms with Crippen LogP contribution < -0.4 is 5.32 Å². The van der Waals surface area contributed by atoms with Crippen LogP contribution in [-0.4, -0.2) is 48.1 Å². The molecule has 102 valence electrons. The Hall–Kier alpha value is -1.62. The minimum absolute atomic E-state index is 0.0253. The lowest BCUT2D eigenvalue weighted by atomic mass is 10.1. The van der Waals surface area contributed by atoms with E-state index in [1.54, 1.807) is 13.1 Å². The van der Waals surface area contributed by atoms with Crippen molar-refractivity contribution in [2.45, 2.75) is 31.4 Å². The van der Waals surface area contributed by atoms with E-state index in [-0.39, 0.29) is 18.1 Å². The van der Waals surface area contributed by atoms with Gasteiger partial charge >= 0.3 is 0 Å². The second-order valence-electron chi connectivity index (χ2n) is 5.06. The van der Waals surface area contributed by atoms with Crippen LogP contribution in [0.1, 0.15) is 29.8 Å². The molecule has 1 saturated carbocycles. The van der Waals surface area contributed by atoms with Gasteiger partial charge in [-0.15, -0.1) is 0 Å². The van der Waals surface area contributed by atoms with E-state index in [4.69, 9.17) is 4.74 Å². The first-order valence-corrected chi connectivity index (χ1v) is 6.87. The van der Waals surface area contributed by atoms with E-state index in [0.29, 0.717) is 18.8 Å². The van der Waals surface area contributed by atoms with Gasteiger partial charge in [0.2, 0.25) is 0 Å². The Balaban J connectivity index is 1.82. The largest absolute Gasteiger partial charge is 0.374 e. The highest BCUT2D eigenvalue weighted by Gasteiger charge is 2.38. The lowest BCUT2D eigenvalue weighted by Crippen LogP contribution is -2.51. The predicted molar refractivity (Wildman–Crippen MR) is 72.2 cm³/mol. The first-order valence-electron chi connectivity index (χ1n) is 6.87. The van der Waals surface area contributed by atoms with Crippen molar-refractivity contribution < 1.29 is 9.53 Å². The summed E-state index contributed by atoms with van der Waals surface area (Å²) in [4.78, 5) is 18.9. The van der Waals surface area contributed by atoms with Crippen molar-refractivity contribution in [2.75, 3.05) is 25.5 Å². The maximum atomic E-state index is 12.6. The Morgan fingerprint density at radius 3 is 3.21 bits per heavy atom. The molecule has 2 fully saturated rings. The molecule has 1 aromatic heterocycles. The number of hydrogen-bond acceptors (Lipinski definition) is 4. The lowest BCUT2D eigenvalue weighted by Gasteiger charge is -2.37. The van der Waals surface area contributed by atoms with Gasteiger partial charge in [-0.3, -0.25) is 4.79 Å². The SMILES string of the molecule is CNc1cccc(C(=O)N2CCOC3CCCC32)n1. The van der Waals surface area contributed by atoms with Crippen molar-refractivity contribution in [3.63, 3.8) is 0 Å². The van der Waals surface area contributed by atoms with E-state index < -0.39 is 0 Å². The fourth-order valence-corrected chi connectivity index (χ4v) is 3.02. The number of anilines is 1. The van der Waals surface area contributed by atoms with Crippen LogP contribution in [0.5, 0.6) is 0 Å². The Morgan fingerprint density at radius 1 is 1.47 bits per heavy atom. The van der Waals surface area contributed by atoms with Crippen LogP contribution in [0.3, 0.4) is 0 Å². The normalized spacial score (nSPS) is 26.1. The summed E-state index contributed by atoms with van der Waals surface area (Å²) in [5.41, 5.74) is 0.513. The molecule has 0 aromatic carbocycles. The molecule has 2 heterocycles. The summed E-state index contributed by atoms with van der Waals surface area (Å²) in [5.74, 6) is 0.749. The quantitative estimate of drug-likeness (QED) is 0.877. The van der Waals surface area contributed by atoms with Crippen LogP contribution in [0.25, 0.3) is 0 Å². The summed E-state index contributed by atoms with van der Waals surface area (Å²) in [7, 11) is 1.80. The zero-order valence-corrected chi connectivity index (χ0v) is 11.1. The van der Waals surface area contributed by atoms with Gasteiger partial charge in [0.25, 0.3) is 5.91 Å². The fraction of sp³-hybridized carbons (Fsp3) is 0.571. The van der Waals surface area contributed by atoms with Gasteiger partial charge in [0.1, 0.15) is 11.5 Å². The van der Waals surface area contributed by atoms with Crippen molar-refractivity contribution >= 4 is 11.7 Å². The molecule has 1 amide bonds. The molecule has 2 aliphatic rings. The smallest absolute Gasteiger partial charge is 0.272 e. The number of hydrogen-bond donors (Lipinski definition) is 1. The average molecular weight is 261 g/mol. The number of rotatable bonds is 2. The van der Waals surface area contributed by atoms with Gasteiger partial charge in [-0.25, -0.2) is 4.98 Å². The number of nitrogens with zero attached hydrogens (tertiary/aromatic N) is 2. The first kappa shape index (κ1) is 12.4. The molecule has 2 unspecified atom stereocenters. The van der Waals surface area contributed by atoms with Gasteiger partial charge in [-0.2, -0.15) is 0 Å². The Labute approximate surface area is 113 Å². The Bertz CT molecular complexity index is 478. The van der Waals surface area contributed by atoms with Gasteiger partial charge in [-0.1, -0.05) is 6.07 Å². The molecule has 3 rings (SSSR count). The third-order valence-corrected chi connectivity index (χ3v) is 3.97. The van der Waals surface area contributed by atoms with Crippen molar-refractivity contribution in [1.29, 1.82) is 0 Å². The van der Waals surface area contributed by atoms with E-state index in [0.717, 1.165) is 25.1 Å². The number of aromatic nitrogens is 1. The minimum atomic E-state index is 0.0253. The third kappa shape index (κ3) is 2.30. The molecular weight excluding hydrogens is 242 g/mol. The average Bonchev–Trinajstić information content (AvgIpc) is 2.95. The third-order valence-electron chi connectivity index (χ3n) is 3.97. The monoisotopic (exact) mass is 261 g/mol. The lowest BCUT2D eigenvalue weighted by molar-refractivity contribution is -0.0447. The Kier molecular flexibility index (Phi) is 3.38. The summed E-state index contributed by atoms with van der Waals surface area (Å²) in [6.45, 7) is 1.31. The zero-order chi connectivity index (χ0) is 13.2. The van der Waals surface area contributed by atoms with Gasteiger partial charge < -0.3 is 15.0 Å². The van der Waals surface area contributed by atoms with Crippen LogP contribution in [0.4, 0.5) is 5.82 Å². The van der Waals surface area contributed by atoms with Gasteiger partial charge in [0.15, 0.2) is 0 Å². The number of nitrogens with one attached hydrogen (secondary N) is 1. The number of ether oxygens (including phenoxy) is 1. The topological polar surface area (TPSA) is 54.5 Å². The second-order valence-corrected chi connectivity index (χ2v) is 5.06. The maximum absolute atomic E-state index is 12.6. The molecule has 5 nitrogen and oxygen atoms in total. The molecule has 1 aromatic rings. The summed E-state index contributed by atoms with van der Waals surface area (Å²) in [6, 6.07) is 5.73. The number of fused-ring (bicyclic) bond motifs is 1. The van der Waals surface area contributed by atoms with E-state index in [1.165, 1.54) is 0 Å². The van der Waals surface area contributed by atoms with Crippen LogP contribution >= 0.6 is 0 Å². The molecule has 0 radical (unpaired) electrons. The minimum Gasteiger partial charge on any atom is -0.374 e. The van der Waals surface area contributed by atoms with Crippen LogP contribution in [-0.2, 0) is 4.74 Å². The molecule has 5 heteroatoms. The zero-order valence-electron chi connectivity index (χ0n) is 11.1. The molecule has 0 bridgehead atoms. The highest BCUT2D eigenvalue weighted by atomic mass is 16.5. The van der Waals surface area contributed by atoms with Crippen LogP contribution in [0.2, 0.25) is 0 Å². The first-order chi connectivity index (χ1) is 9.29. The van der Waals surface area contributed by atoms with E-state index >= 15 is 0 Å². The standard InChI is InChI=1S/C14H19N3O2/c1-15-13-7-2-4-10(16-13)14(18)17-8-9-19-12-6-3-5-11(12)17/h2,4,7,11-12H,3,5-6,8-9H2,1H3,(H,15,16). The number of pyridine rings is 1. The number of carbonyl (C=O) groups excluding carboxylic acids is 1. The molecular formula is C14H19N3O2. The number of amides is 1. The molecule has 1 N–H and O–H groups in total. The summed E-state index contributed by atoms with van der Waals surface area (Å²) in [5, 5.41) is 2.96. The van der Waals surface area contributed by atoms with Crippen molar-refractivity contribution in [3.8, 4) is 0 Å². The van der Waals surface area contributed by atoms with Gasteiger partial charge in [0, 0.05) is 13.6 Å². The molecule has 1 aliphatic carbocycles. The Morgan fingerprint density at radius 2 is 2.37 bits per heavy atom. The number of carbonyl (C=O) groups is 1. The van der Waals surface area contributed by atoms with Crippen LogP contribution in [0.15, 0.2) is 18.2 Å².